The van der Waals surface area contributed by atoms with Crippen LogP contribution in [0.4, 0.5) is 0 Å². The summed E-state index contributed by atoms with van der Waals surface area (Å²) in [4.78, 5) is 0. The molecule has 1 unspecified atom stereocenters. The third kappa shape index (κ3) is 6.84. The van der Waals surface area contributed by atoms with Gasteiger partial charge in [0.2, 0.25) is 0 Å². The number of aryl methyl sites for hydroxylation is 2. The van der Waals surface area contributed by atoms with Crippen molar-refractivity contribution < 1.29 is 14.6 Å². The molecule has 3 heteroatoms. The number of rotatable bonds is 7. The van der Waals surface area contributed by atoms with Gasteiger partial charge < -0.3 is 14.6 Å². The normalized spacial score (nSPS) is 11.6. The average molecular weight is 364 g/mol. The van der Waals surface area contributed by atoms with Gasteiger partial charge in [-0.2, -0.15) is 0 Å². The molecule has 0 heterocycles. The summed E-state index contributed by atoms with van der Waals surface area (Å²) in [6, 6.07) is 14.1. The lowest BCUT2D eigenvalue weighted by Gasteiger charge is -2.20. The van der Waals surface area contributed by atoms with Gasteiger partial charge in [0, 0.05) is 12.0 Å². The van der Waals surface area contributed by atoms with Crippen LogP contribution in [0.15, 0.2) is 54.8 Å². The number of aliphatic hydroxyl groups is 1. The fourth-order valence-electron chi connectivity index (χ4n) is 2.60. The summed E-state index contributed by atoms with van der Waals surface area (Å²) in [6.07, 6.45) is 0.123. The highest BCUT2D eigenvalue weighted by Crippen LogP contribution is 2.22. The van der Waals surface area contributed by atoms with Gasteiger partial charge in [-0.3, -0.25) is 0 Å². The Hall–Kier alpha value is -2.70. The van der Waals surface area contributed by atoms with Gasteiger partial charge in [-0.1, -0.05) is 48.2 Å². The molecule has 0 amide bonds. The number of hydrogen-bond donors (Lipinski definition) is 1. The van der Waals surface area contributed by atoms with Crippen molar-refractivity contribution in [2.24, 2.45) is 0 Å². The molecule has 0 aliphatic rings. The standard InChI is InChI=1S/C24H28O3/c1-17(2)27-24(20(5)25)16-22-13-10-19(4)23(15-22)26-14-6-7-21-11-8-18(3)9-12-21/h8-13,15,17,24-25H,5,14,16H2,1-4H3. The van der Waals surface area contributed by atoms with Crippen molar-refractivity contribution >= 4 is 0 Å². The van der Waals surface area contributed by atoms with Gasteiger partial charge in [0.15, 0.2) is 0 Å². The lowest BCUT2D eigenvalue weighted by Crippen LogP contribution is -2.22. The predicted octanol–water partition coefficient (Wildman–Crippen LogP) is 5.14. The Bertz CT molecular complexity index is 823. The van der Waals surface area contributed by atoms with E-state index in [1.165, 1.54) is 5.56 Å². The highest BCUT2D eigenvalue weighted by atomic mass is 16.5. The molecule has 0 saturated heterocycles. The van der Waals surface area contributed by atoms with Crippen molar-refractivity contribution in [3.63, 3.8) is 0 Å². The molecule has 0 bridgehead atoms. The quantitative estimate of drug-likeness (QED) is 0.546. The molecule has 1 atom stereocenters. The molecule has 2 aromatic carbocycles. The van der Waals surface area contributed by atoms with E-state index in [0.29, 0.717) is 13.0 Å². The van der Waals surface area contributed by atoms with Gasteiger partial charge in [0.25, 0.3) is 0 Å². The molecule has 0 saturated carbocycles. The SMILES string of the molecule is C=C(O)C(Cc1ccc(C)c(OCC#Cc2ccc(C)cc2)c1)OC(C)C. The molecule has 142 valence electrons. The second-order valence-electron chi connectivity index (χ2n) is 6.93. The lowest BCUT2D eigenvalue weighted by atomic mass is 10.0. The minimum atomic E-state index is -0.429. The minimum absolute atomic E-state index is 0.0112. The van der Waals surface area contributed by atoms with Crippen LogP contribution in [-0.2, 0) is 11.2 Å². The minimum Gasteiger partial charge on any atom is -0.510 e. The number of benzene rings is 2. The van der Waals surface area contributed by atoms with Crippen molar-refractivity contribution in [3.05, 3.63) is 77.1 Å². The third-order valence-corrected chi connectivity index (χ3v) is 4.07. The Morgan fingerprint density at radius 1 is 1.11 bits per heavy atom. The predicted molar refractivity (Wildman–Crippen MR) is 110 cm³/mol. The van der Waals surface area contributed by atoms with E-state index in [2.05, 4.69) is 25.3 Å². The van der Waals surface area contributed by atoms with Crippen molar-refractivity contribution in [3.8, 4) is 17.6 Å². The van der Waals surface area contributed by atoms with E-state index in [0.717, 1.165) is 22.4 Å². The maximum Gasteiger partial charge on any atom is 0.149 e. The summed E-state index contributed by atoms with van der Waals surface area (Å²) >= 11 is 0. The van der Waals surface area contributed by atoms with Crippen LogP contribution in [0.2, 0.25) is 0 Å². The van der Waals surface area contributed by atoms with E-state index in [4.69, 9.17) is 9.47 Å². The van der Waals surface area contributed by atoms with E-state index in [-0.39, 0.29) is 11.9 Å². The van der Waals surface area contributed by atoms with Crippen LogP contribution in [0.3, 0.4) is 0 Å². The van der Waals surface area contributed by atoms with E-state index < -0.39 is 6.10 Å². The van der Waals surface area contributed by atoms with Crippen molar-refractivity contribution in [1.82, 2.24) is 0 Å². The Balaban J connectivity index is 2.02. The molecular formula is C24H28O3. The molecule has 27 heavy (non-hydrogen) atoms. The Morgan fingerprint density at radius 3 is 2.44 bits per heavy atom. The Labute approximate surface area is 162 Å². The molecule has 1 N–H and O–H groups in total. The molecule has 0 aromatic heterocycles. The van der Waals surface area contributed by atoms with E-state index in [9.17, 15) is 5.11 Å². The van der Waals surface area contributed by atoms with Crippen LogP contribution in [0.1, 0.15) is 36.1 Å². The average Bonchev–Trinajstić information content (AvgIpc) is 2.61. The zero-order valence-corrected chi connectivity index (χ0v) is 16.6. The van der Waals surface area contributed by atoms with Crippen LogP contribution in [0.25, 0.3) is 0 Å². The molecule has 0 spiro atoms. The Kier molecular flexibility index (Phi) is 7.52. The van der Waals surface area contributed by atoms with Crippen LogP contribution >= 0.6 is 0 Å². The molecular weight excluding hydrogens is 336 g/mol. The Morgan fingerprint density at radius 2 is 1.81 bits per heavy atom. The van der Waals surface area contributed by atoms with Gasteiger partial charge in [-0.15, -0.1) is 0 Å². The van der Waals surface area contributed by atoms with Gasteiger partial charge in [0.1, 0.15) is 24.2 Å². The largest absolute Gasteiger partial charge is 0.510 e. The molecule has 2 aromatic rings. The summed E-state index contributed by atoms with van der Waals surface area (Å²) < 4.78 is 11.6. The topological polar surface area (TPSA) is 38.7 Å². The van der Waals surface area contributed by atoms with E-state index >= 15 is 0 Å². The van der Waals surface area contributed by atoms with Crippen molar-refractivity contribution in [1.29, 1.82) is 0 Å². The van der Waals surface area contributed by atoms with E-state index in [1.807, 2.05) is 63.2 Å². The molecule has 0 fully saturated rings. The first-order chi connectivity index (χ1) is 12.8. The first kappa shape index (κ1) is 20.6. The van der Waals surface area contributed by atoms with Crippen LogP contribution < -0.4 is 4.74 Å². The molecule has 3 nitrogen and oxygen atoms in total. The first-order valence-corrected chi connectivity index (χ1v) is 9.16. The summed E-state index contributed by atoms with van der Waals surface area (Å²) in [5.41, 5.74) is 4.25. The molecule has 0 radical (unpaired) electrons. The number of aliphatic hydroxyl groups excluding tert-OH is 1. The summed E-state index contributed by atoms with van der Waals surface area (Å²) in [5, 5.41) is 9.78. The highest BCUT2D eigenvalue weighted by molar-refractivity contribution is 5.39. The zero-order chi connectivity index (χ0) is 19.8. The van der Waals surface area contributed by atoms with Gasteiger partial charge >= 0.3 is 0 Å². The third-order valence-electron chi connectivity index (χ3n) is 4.07. The van der Waals surface area contributed by atoms with Crippen LogP contribution in [0, 0.1) is 25.7 Å². The first-order valence-electron chi connectivity index (χ1n) is 9.16. The smallest absolute Gasteiger partial charge is 0.149 e. The van der Waals surface area contributed by atoms with Gasteiger partial charge in [0.05, 0.1) is 6.10 Å². The maximum absolute atomic E-state index is 9.78. The van der Waals surface area contributed by atoms with E-state index in [1.54, 1.807) is 0 Å². The summed E-state index contributed by atoms with van der Waals surface area (Å²) in [6.45, 7) is 11.9. The monoisotopic (exact) mass is 364 g/mol. The summed E-state index contributed by atoms with van der Waals surface area (Å²) in [5.74, 6) is 6.98. The second-order valence-corrected chi connectivity index (χ2v) is 6.93. The highest BCUT2D eigenvalue weighted by Gasteiger charge is 2.16. The second kappa shape index (κ2) is 9.85. The molecule has 2 rings (SSSR count). The van der Waals surface area contributed by atoms with Crippen LogP contribution in [-0.4, -0.2) is 23.9 Å². The molecule has 0 aliphatic heterocycles. The number of hydrogen-bond acceptors (Lipinski definition) is 3. The van der Waals surface area contributed by atoms with Crippen molar-refractivity contribution in [2.75, 3.05) is 6.61 Å². The van der Waals surface area contributed by atoms with Gasteiger partial charge in [-0.05, 0) is 57.0 Å². The fraction of sp³-hybridized carbons (Fsp3) is 0.333. The molecule has 0 aliphatic carbocycles. The number of ether oxygens (including phenoxy) is 2. The summed E-state index contributed by atoms with van der Waals surface area (Å²) in [7, 11) is 0. The van der Waals surface area contributed by atoms with Crippen LogP contribution in [0.5, 0.6) is 5.75 Å². The fourth-order valence-corrected chi connectivity index (χ4v) is 2.60. The van der Waals surface area contributed by atoms with Crippen molar-refractivity contribution in [2.45, 2.75) is 46.3 Å². The zero-order valence-electron chi connectivity index (χ0n) is 16.6. The van der Waals surface area contributed by atoms with Gasteiger partial charge in [-0.25, -0.2) is 0 Å². The maximum atomic E-state index is 9.78. The lowest BCUT2D eigenvalue weighted by molar-refractivity contribution is 0.00789.